The predicted octanol–water partition coefficient (Wildman–Crippen LogP) is 3.62. The van der Waals surface area contributed by atoms with Crippen molar-refractivity contribution in [1.82, 2.24) is 14.8 Å². The summed E-state index contributed by atoms with van der Waals surface area (Å²) in [6.07, 6.45) is 0. The van der Waals surface area contributed by atoms with Gasteiger partial charge >= 0.3 is 0 Å². The highest BCUT2D eigenvalue weighted by Crippen LogP contribution is 2.24. The Morgan fingerprint density at radius 3 is 2.72 bits per heavy atom. The maximum absolute atomic E-state index is 13.3. The molecule has 3 heterocycles. The lowest BCUT2D eigenvalue weighted by molar-refractivity contribution is 0.0623. The van der Waals surface area contributed by atoms with E-state index in [4.69, 9.17) is 4.42 Å². The Morgan fingerprint density at radius 1 is 1.20 bits per heavy atom. The lowest BCUT2D eigenvalue weighted by atomic mass is 10.2. The van der Waals surface area contributed by atoms with Crippen LogP contribution in [0.4, 0.5) is 4.39 Å². The fourth-order valence-corrected chi connectivity index (χ4v) is 3.58. The molecule has 0 bridgehead atoms. The molecule has 3 aromatic rings. The molecule has 7 heteroatoms. The van der Waals surface area contributed by atoms with Gasteiger partial charge in [0.05, 0.1) is 5.52 Å². The summed E-state index contributed by atoms with van der Waals surface area (Å²) in [6.45, 7) is 3.54. The summed E-state index contributed by atoms with van der Waals surface area (Å²) in [5.74, 6) is -0.234. The molecule has 0 aliphatic carbocycles. The molecule has 1 aromatic carbocycles. The first kappa shape index (κ1) is 16.4. The quantitative estimate of drug-likeness (QED) is 0.723. The number of hydrogen-bond acceptors (Lipinski definition) is 3. The number of H-pyrrole nitrogens is 1. The van der Waals surface area contributed by atoms with Gasteiger partial charge in [-0.25, -0.2) is 4.39 Å². The smallest absolute Gasteiger partial charge is 0.270 e. The number of nitrogens with one attached hydrogen (secondary N) is 1. The SMILES string of the molecule is O=C(c1cc2oc(Br)cc2[nH]1)N1CCN(Cc2cccc(F)c2)CC1. The molecule has 1 saturated heterocycles. The lowest BCUT2D eigenvalue weighted by Gasteiger charge is -2.34. The topological polar surface area (TPSA) is 52.5 Å². The van der Waals surface area contributed by atoms with Gasteiger partial charge in [-0.05, 0) is 33.6 Å². The van der Waals surface area contributed by atoms with Crippen LogP contribution in [0.2, 0.25) is 0 Å². The minimum Gasteiger partial charge on any atom is -0.448 e. The minimum absolute atomic E-state index is 0.0204. The van der Waals surface area contributed by atoms with Gasteiger partial charge < -0.3 is 14.3 Å². The molecular formula is C18H17BrFN3O2. The number of aromatic amines is 1. The van der Waals surface area contributed by atoms with E-state index in [9.17, 15) is 9.18 Å². The van der Waals surface area contributed by atoms with E-state index in [1.54, 1.807) is 18.2 Å². The molecule has 0 radical (unpaired) electrons. The number of benzene rings is 1. The zero-order chi connectivity index (χ0) is 17.4. The van der Waals surface area contributed by atoms with Crippen LogP contribution in [-0.4, -0.2) is 46.9 Å². The Bertz CT molecular complexity index is 881. The molecule has 0 atom stereocenters. The molecule has 2 aromatic heterocycles. The molecule has 0 saturated carbocycles. The Morgan fingerprint density at radius 2 is 2.00 bits per heavy atom. The first-order valence-electron chi connectivity index (χ1n) is 8.12. The standard InChI is InChI=1S/C18H17BrFN3O2/c19-17-10-14-16(25-17)9-15(21-14)18(24)23-6-4-22(5-7-23)11-12-2-1-3-13(20)8-12/h1-3,8-10,21H,4-7,11H2. The molecule has 130 valence electrons. The Balaban J connectivity index is 1.37. The van der Waals surface area contributed by atoms with Crippen LogP contribution in [0.5, 0.6) is 0 Å². The van der Waals surface area contributed by atoms with Crippen molar-refractivity contribution in [2.75, 3.05) is 26.2 Å². The van der Waals surface area contributed by atoms with E-state index < -0.39 is 0 Å². The molecule has 5 nitrogen and oxygen atoms in total. The van der Waals surface area contributed by atoms with Crippen molar-refractivity contribution in [3.8, 4) is 0 Å². The van der Waals surface area contributed by atoms with E-state index in [0.29, 0.717) is 35.6 Å². The van der Waals surface area contributed by atoms with Crippen molar-refractivity contribution >= 4 is 32.9 Å². The number of fused-ring (bicyclic) bond motifs is 1. The molecule has 25 heavy (non-hydrogen) atoms. The van der Waals surface area contributed by atoms with Crippen LogP contribution in [0.25, 0.3) is 11.1 Å². The van der Waals surface area contributed by atoms with E-state index in [2.05, 4.69) is 25.8 Å². The van der Waals surface area contributed by atoms with E-state index in [1.807, 2.05) is 17.0 Å². The average Bonchev–Trinajstić information content (AvgIpc) is 3.12. The van der Waals surface area contributed by atoms with E-state index in [0.717, 1.165) is 24.2 Å². The van der Waals surface area contributed by atoms with Crippen LogP contribution >= 0.6 is 15.9 Å². The molecule has 1 fully saturated rings. The largest absolute Gasteiger partial charge is 0.448 e. The maximum Gasteiger partial charge on any atom is 0.270 e. The first-order valence-corrected chi connectivity index (χ1v) is 8.92. The molecule has 4 rings (SSSR count). The van der Waals surface area contributed by atoms with Gasteiger partial charge in [-0.3, -0.25) is 9.69 Å². The highest BCUT2D eigenvalue weighted by molar-refractivity contribution is 9.10. The van der Waals surface area contributed by atoms with Crippen LogP contribution in [0.15, 0.2) is 45.5 Å². The third kappa shape index (κ3) is 3.48. The van der Waals surface area contributed by atoms with E-state index >= 15 is 0 Å². The van der Waals surface area contributed by atoms with Crippen molar-refractivity contribution in [2.45, 2.75) is 6.54 Å². The average molecular weight is 406 g/mol. The van der Waals surface area contributed by atoms with Gasteiger partial charge in [0.1, 0.15) is 11.5 Å². The summed E-state index contributed by atoms with van der Waals surface area (Å²) in [5, 5.41) is 0. The molecule has 1 amide bonds. The molecule has 1 aliphatic rings. The van der Waals surface area contributed by atoms with Gasteiger partial charge in [-0.15, -0.1) is 0 Å². The lowest BCUT2D eigenvalue weighted by Crippen LogP contribution is -2.48. The highest BCUT2D eigenvalue weighted by atomic mass is 79.9. The van der Waals surface area contributed by atoms with Crippen LogP contribution in [0.3, 0.4) is 0 Å². The third-order valence-corrected chi connectivity index (χ3v) is 4.85. The normalized spacial score (nSPS) is 15.8. The number of nitrogens with zero attached hydrogens (tertiary/aromatic N) is 2. The van der Waals surface area contributed by atoms with Gasteiger partial charge in [0.2, 0.25) is 0 Å². The number of rotatable bonds is 3. The van der Waals surface area contributed by atoms with Gasteiger partial charge in [0.15, 0.2) is 10.3 Å². The fourth-order valence-electron chi connectivity index (χ4n) is 3.18. The van der Waals surface area contributed by atoms with Gasteiger partial charge in [-0.1, -0.05) is 12.1 Å². The van der Waals surface area contributed by atoms with Crippen LogP contribution in [-0.2, 0) is 6.54 Å². The van der Waals surface area contributed by atoms with Crippen LogP contribution in [0, 0.1) is 5.82 Å². The monoisotopic (exact) mass is 405 g/mol. The summed E-state index contributed by atoms with van der Waals surface area (Å²) in [6, 6.07) is 10.2. The number of furan rings is 1. The summed E-state index contributed by atoms with van der Waals surface area (Å²) in [7, 11) is 0. The number of carbonyl (C=O) groups is 1. The second-order valence-corrected chi connectivity index (χ2v) is 6.99. The number of carbonyl (C=O) groups excluding carboxylic acids is 1. The first-order chi connectivity index (χ1) is 12.1. The van der Waals surface area contributed by atoms with Crippen molar-refractivity contribution in [3.05, 3.63) is 58.1 Å². The highest BCUT2D eigenvalue weighted by Gasteiger charge is 2.24. The number of hydrogen-bond donors (Lipinski definition) is 1. The second-order valence-electron chi connectivity index (χ2n) is 6.21. The number of aromatic nitrogens is 1. The summed E-state index contributed by atoms with van der Waals surface area (Å²) in [5.41, 5.74) is 2.97. The summed E-state index contributed by atoms with van der Waals surface area (Å²) < 4.78 is 19.4. The fraction of sp³-hybridized carbons (Fsp3) is 0.278. The number of amides is 1. The van der Waals surface area contributed by atoms with Crippen molar-refractivity contribution in [1.29, 1.82) is 0 Å². The third-order valence-electron chi connectivity index (χ3n) is 4.46. The zero-order valence-electron chi connectivity index (χ0n) is 13.5. The number of halogens is 2. The van der Waals surface area contributed by atoms with Gasteiger partial charge in [0.25, 0.3) is 5.91 Å². The van der Waals surface area contributed by atoms with Gasteiger partial charge in [0, 0.05) is 44.9 Å². The number of piperazine rings is 1. The second kappa shape index (κ2) is 6.65. The van der Waals surface area contributed by atoms with E-state index in [-0.39, 0.29) is 11.7 Å². The minimum atomic E-state index is -0.214. The molecule has 0 spiro atoms. The molecule has 0 unspecified atom stereocenters. The summed E-state index contributed by atoms with van der Waals surface area (Å²) >= 11 is 3.27. The summed E-state index contributed by atoms with van der Waals surface area (Å²) in [4.78, 5) is 19.8. The molecular weight excluding hydrogens is 389 g/mol. The van der Waals surface area contributed by atoms with E-state index in [1.165, 1.54) is 6.07 Å². The Kier molecular flexibility index (Phi) is 4.35. The Labute approximate surface area is 152 Å². The molecule has 1 aliphatic heterocycles. The van der Waals surface area contributed by atoms with Gasteiger partial charge in [-0.2, -0.15) is 0 Å². The van der Waals surface area contributed by atoms with Crippen molar-refractivity contribution in [2.24, 2.45) is 0 Å². The van der Waals surface area contributed by atoms with Crippen molar-refractivity contribution < 1.29 is 13.6 Å². The predicted molar refractivity (Wildman–Crippen MR) is 95.8 cm³/mol. The van der Waals surface area contributed by atoms with Crippen LogP contribution in [0.1, 0.15) is 16.1 Å². The van der Waals surface area contributed by atoms with Crippen molar-refractivity contribution in [3.63, 3.8) is 0 Å². The van der Waals surface area contributed by atoms with Crippen LogP contribution < -0.4 is 0 Å². The maximum atomic E-state index is 13.3. The molecule has 1 N–H and O–H groups in total. The Hall–Kier alpha value is -2.12. The zero-order valence-corrected chi connectivity index (χ0v) is 15.1.